The van der Waals surface area contributed by atoms with E-state index < -0.39 is 11.7 Å². The van der Waals surface area contributed by atoms with E-state index in [2.05, 4.69) is 4.74 Å². The summed E-state index contributed by atoms with van der Waals surface area (Å²) in [4.78, 5) is 22.3. The maximum absolute atomic E-state index is 11.5. The predicted molar refractivity (Wildman–Crippen MR) is 57.9 cm³/mol. The van der Waals surface area contributed by atoms with Crippen LogP contribution in [0.2, 0.25) is 0 Å². The van der Waals surface area contributed by atoms with Gasteiger partial charge in [-0.2, -0.15) is 0 Å². The zero-order chi connectivity index (χ0) is 13.0. The lowest BCUT2D eigenvalue weighted by Crippen LogP contribution is -2.07. The predicted octanol–water partition coefficient (Wildman–Crippen LogP) is 1.01. The third-order valence-electron chi connectivity index (χ3n) is 2.21. The number of phenols is 1. The molecule has 0 radical (unpaired) electrons. The fourth-order valence-corrected chi connectivity index (χ4v) is 1.38. The maximum atomic E-state index is 11.5. The Morgan fingerprint density at radius 1 is 1.24 bits per heavy atom. The molecule has 92 valence electrons. The number of carbonyl (C=O) groups excluding carboxylic acids is 2. The van der Waals surface area contributed by atoms with Gasteiger partial charge in [0.05, 0.1) is 26.9 Å². The van der Waals surface area contributed by atoms with Gasteiger partial charge >= 0.3 is 5.97 Å². The average Bonchev–Trinajstić information content (AvgIpc) is 2.36. The van der Waals surface area contributed by atoms with Crippen LogP contribution in [0.1, 0.15) is 20.7 Å². The van der Waals surface area contributed by atoms with Crippen molar-refractivity contribution in [3.63, 3.8) is 0 Å². The lowest BCUT2D eigenvalue weighted by molar-refractivity contribution is 0.0593. The molecule has 0 aliphatic rings. The number of carbonyl (C=O) groups is 2. The summed E-state index contributed by atoms with van der Waals surface area (Å²) in [5, 5.41) is 9.82. The second-order valence-corrected chi connectivity index (χ2v) is 3.03. The molecule has 6 heteroatoms. The van der Waals surface area contributed by atoms with Crippen LogP contribution in [0.15, 0.2) is 6.07 Å². The second kappa shape index (κ2) is 5.20. The Bertz CT molecular complexity index is 452. The van der Waals surface area contributed by atoms with Gasteiger partial charge in [-0.15, -0.1) is 0 Å². The zero-order valence-electron chi connectivity index (χ0n) is 9.64. The number of benzene rings is 1. The third-order valence-corrected chi connectivity index (χ3v) is 2.21. The Morgan fingerprint density at radius 3 is 2.24 bits per heavy atom. The van der Waals surface area contributed by atoms with Crippen LogP contribution in [0.25, 0.3) is 0 Å². The Balaban J connectivity index is 3.57. The highest BCUT2D eigenvalue weighted by molar-refractivity contribution is 6.00. The summed E-state index contributed by atoms with van der Waals surface area (Å²) in [6.45, 7) is 0. The molecule has 0 fully saturated rings. The molecule has 0 aliphatic carbocycles. The van der Waals surface area contributed by atoms with Gasteiger partial charge in [-0.1, -0.05) is 0 Å². The molecule has 1 N–H and O–H groups in total. The lowest BCUT2D eigenvalue weighted by Gasteiger charge is -2.13. The standard InChI is InChI=1S/C11H12O6/c1-15-7-4-8(16-2)9(11(14)17-3)10(13)6(7)5-12/h4-5,13H,1-3H3. The van der Waals surface area contributed by atoms with Crippen molar-refractivity contribution in [2.24, 2.45) is 0 Å². The highest BCUT2D eigenvalue weighted by Crippen LogP contribution is 2.37. The number of hydrogen-bond acceptors (Lipinski definition) is 6. The third kappa shape index (κ3) is 2.15. The molecule has 0 saturated heterocycles. The van der Waals surface area contributed by atoms with Crippen molar-refractivity contribution >= 4 is 12.3 Å². The molecule has 0 unspecified atom stereocenters. The van der Waals surface area contributed by atoms with Crippen LogP contribution < -0.4 is 9.47 Å². The van der Waals surface area contributed by atoms with Crippen LogP contribution in [0.3, 0.4) is 0 Å². The minimum atomic E-state index is -0.801. The Morgan fingerprint density at radius 2 is 1.82 bits per heavy atom. The normalized spacial score (nSPS) is 9.59. The zero-order valence-corrected chi connectivity index (χ0v) is 9.64. The van der Waals surface area contributed by atoms with Crippen molar-refractivity contribution in [1.29, 1.82) is 0 Å². The summed E-state index contributed by atoms with van der Waals surface area (Å²) >= 11 is 0. The Hall–Kier alpha value is -2.24. The quantitative estimate of drug-likeness (QED) is 0.624. The van der Waals surface area contributed by atoms with Crippen molar-refractivity contribution in [2.75, 3.05) is 21.3 Å². The van der Waals surface area contributed by atoms with Crippen molar-refractivity contribution < 1.29 is 28.9 Å². The van der Waals surface area contributed by atoms with Crippen LogP contribution >= 0.6 is 0 Å². The highest BCUT2D eigenvalue weighted by atomic mass is 16.5. The topological polar surface area (TPSA) is 82.1 Å². The number of hydrogen-bond donors (Lipinski definition) is 1. The molecule has 0 aliphatic heterocycles. The van der Waals surface area contributed by atoms with Crippen LogP contribution in [0.5, 0.6) is 17.2 Å². The van der Waals surface area contributed by atoms with E-state index >= 15 is 0 Å². The first-order chi connectivity index (χ1) is 8.10. The molecule has 1 aromatic rings. The first kappa shape index (κ1) is 12.8. The van der Waals surface area contributed by atoms with Crippen LogP contribution in [0, 0.1) is 0 Å². The summed E-state index contributed by atoms with van der Waals surface area (Å²) in [5.41, 5.74) is -0.341. The number of rotatable bonds is 4. The number of aromatic hydroxyl groups is 1. The van der Waals surface area contributed by atoms with Gasteiger partial charge < -0.3 is 19.3 Å². The van der Waals surface area contributed by atoms with E-state index in [1.807, 2.05) is 0 Å². The summed E-state index contributed by atoms with van der Waals surface area (Å²) in [5.74, 6) is -1.15. The molecule has 0 saturated carbocycles. The van der Waals surface area contributed by atoms with Gasteiger partial charge in [-0.3, -0.25) is 4.79 Å². The van der Waals surface area contributed by atoms with Crippen molar-refractivity contribution in [3.8, 4) is 17.2 Å². The first-order valence-electron chi connectivity index (χ1n) is 4.62. The summed E-state index contributed by atoms with van der Waals surface area (Å²) in [6, 6.07) is 1.33. The summed E-state index contributed by atoms with van der Waals surface area (Å²) in [7, 11) is 3.81. The Kier molecular flexibility index (Phi) is 3.92. The number of aldehydes is 1. The largest absolute Gasteiger partial charge is 0.506 e. The maximum Gasteiger partial charge on any atom is 0.345 e. The van der Waals surface area contributed by atoms with E-state index in [4.69, 9.17) is 9.47 Å². The molecule has 1 aromatic carbocycles. The second-order valence-electron chi connectivity index (χ2n) is 3.03. The Labute approximate surface area is 97.7 Å². The van der Waals surface area contributed by atoms with Gasteiger partial charge in [0.25, 0.3) is 0 Å². The molecule has 0 atom stereocenters. The lowest BCUT2D eigenvalue weighted by atomic mass is 10.1. The highest BCUT2D eigenvalue weighted by Gasteiger charge is 2.24. The molecule has 0 spiro atoms. The van der Waals surface area contributed by atoms with Gasteiger partial charge in [0, 0.05) is 6.07 Å². The smallest absolute Gasteiger partial charge is 0.345 e. The molecule has 0 heterocycles. The minimum absolute atomic E-state index is 0.0665. The van der Waals surface area contributed by atoms with Gasteiger partial charge in [0.1, 0.15) is 22.8 Å². The van der Waals surface area contributed by atoms with E-state index in [9.17, 15) is 14.7 Å². The van der Waals surface area contributed by atoms with Crippen molar-refractivity contribution in [2.45, 2.75) is 0 Å². The van der Waals surface area contributed by atoms with Crippen LogP contribution in [-0.4, -0.2) is 38.7 Å². The molecule has 17 heavy (non-hydrogen) atoms. The summed E-state index contributed by atoms with van der Waals surface area (Å²) < 4.78 is 14.3. The molecule has 0 aromatic heterocycles. The van der Waals surface area contributed by atoms with Gasteiger partial charge in [0.2, 0.25) is 0 Å². The van der Waals surface area contributed by atoms with Crippen LogP contribution in [0.4, 0.5) is 0 Å². The van der Waals surface area contributed by atoms with E-state index in [1.54, 1.807) is 0 Å². The fraction of sp³-hybridized carbons (Fsp3) is 0.273. The number of phenolic OH excluding ortho intramolecular Hbond substituents is 1. The van der Waals surface area contributed by atoms with E-state index in [1.165, 1.54) is 20.3 Å². The average molecular weight is 240 g/mol. The molecular weight excluding hydrogens is 228 g/mol. The number of esters is 1. The first-order valence-corrected chi connectivity index (χ1v) is 4.62. The number of methoxy groups -OCH3 is 3. The molecular formula is C11H12O6. The van der Waals surface area contributed by atoms with E-state index in [0.717, 1.165) is 7.11 Å². The van der Waals surface area contributed by atoms with E-state index in [0.29, 0.717) is 6.29 Å². The van der Waals surface area contributed by atoms with Crippen LogP contribution in [-0.2, 0) is 4.74 Å². The molecule has 1 rings (SSSR count). The van der Waals surface area contributed by atoms with Crippen molar-refractivity contribution in [3.05, 3.63) is 17.2 Å². The monoisotopic (exact) mass is 240 g/mol. The van der Waals surface area contributed by atoms with Gasteiger partial charge in [0.15, 0.2) is 6.29 Å². The van der Waals surface area contributed by atoms with Gasteiger partial charge in [-0.05, 0) is 0 Å². The summed E-state index contributed by atoms with van der Waals surface area (Å²) in [6.07, 6.45) is 0.389. The molecule has 0 bridgehead atoms. The SMILES string of the molecule is COC(=O)c1c(OC)cc(OC)c(C=O)c1O. The fourth-order valence-electron chi connectivity index (χ4n) is 1.38. The molecule has 6 nitrogen and oxygen atoms in total. The van der Waals surface area contributed by atoms with Crippen molar-refractivity contribution in [1.82, 2.24) is 0 Å². The molecule has 0 amide bonds. The van der Waals surface area contributed by atoms with Gasteiger partial charge in [-0.25, -0.2) is 4.79 Å². The number of ether oxygens (including phenoxy) is 3. The minimum Gasteiger partial charge on any atom is -0.506 e. The van der Waals surface area contributed by atoms with E-state index in [-0.39, 0.29) is 22.6 Å².